The van der Waals surface area contributed by atoms with Crippen molar-refractivity contribution in [3.05, 3.63) is 59.7 Å². The number of H-pyrrole nitrogens is 1. The number of unbranched alkanes of at least 4 members (excludes halogenated alkanes) is 8. The highest BCUT2D eigenvalue weighted by atomic mass is 31.2. The smallest absolute Gasteiger partial charge is 0.122 e. The maximum atomic E-state index is 10.5. The maximum Gasteiger partial charge on any atom is 0.122 e. The maximum absolute atomic E-state index is 10.5. The number of aromatic nitrogens is 3. The van der Waals surface area contributed by atoms with Crippen LogP contribution in [0.2, 0.25) is 0 Å². The van der Waals surface area contributed by atoms with Crippen LogP contribution < -0.4 is 10.2 Å². The van der Waals surface area contributed by atoms with Crippen molar-refractivity contribution in [2.75, 3.05) is 49.3 Å². The van der Waals surface area contributed by atoms with Crippen LogP contribution in [0.5, 0.6) is 0 Å². The SMILES string of the molecule is CCCC[P+](CCCC)(CCCC)CCCC.CCCC[P+](CCCC)(CCCC)CCCC.O=C([O-])c1cccc2n[nH]nc12.O=C([O-])c1ccccc1. The molecular weight excluding hydrogens is 720 g/mol. The van der Waals surface area contributed by atoms with Crippen molar-refractivity contribution in [1.29, 1.82) is 0 Å². The summed E-state index contributed by atoms with van der Waals surface area (Å²) in [5, 5.41) is 30.4. The Labute approximate surface area is 338 Å². The van der Waals surface area contributed by atoms with Crippen molar-refractivity contribution in [3.8, 4) is 0 Å². The van der Waals surface area contributed by atoms with Crippen LogP contribution >= 0.6 is 14.5 Å². The summed E-state index contributed by atoms with van der Waals surface area (Å²) in [7, 11) is -1.12. The van der Waals surface area contributed by atoms with E-state index in [2.05, 4.69) is 70.8 Å². The lowest BCUT2D eigenvalue weighted by Gasteiger charge is -2.28. The minimum Gasteiger partial charge on any atom is -0.545 e. The molecule has 3 rings (SSSR count). The Morgan fingerprint density at radius 2 is 0.818 bits per heavy atom. The third-order valence-electron chi connectivity index (χ3n) is 10.5. The van der Waals surface area contributed by atoms with Gasteiger partial charge < -0.3 is 19.8 Å². The van der Waals surface area contributed by atoms with Crippen LogP contribution in [0, 0.1) is 0 Å². The van der Waals surface area contributed by atoms with Gasteiger partial charge in [-0.3, -0.25) is 0 Å². The normalized spacial score (nSPS) is 11.1. The summed E-state index contributed by atoms with van der Waals surface area (Å²) in [6, 6.07) is 12.8. The minimum atomic E-state index is -1.24. The number of aromatic carboxylic acids is 2. The summed E-state index contributed by atoms with van der Waals surface area (Å²) in [4.78, 5) is 20.6. The number of benzene rings is 2. The summed E-state index contributed by atoms with van der Waals surface area (Å²) >= 11 is 0. The van der Waals surface area contributed by atoms with Crippen molar-refractivity contribution < 1.29 is 19.8 Å². The van der Waals surface area contributed by atoms with E-state index < -0.39 is 26.5 Å². The van der Waals surface area contributed by atoms with Crippen molar-refractivity contribution in [2.24, 2.45) is 0 Å². The number of hydrogen-bond donors (Lipinski definition) is 1. The lowest BCUT2D eigenvalue weighted by atomic mass is 10.2. The van der Waals surface area contributed by atoms with E-state index in [1.807, 2.05) is 0 Å². The van der Waals surface area contributed by atoms with Gasteiger partial charge in [-0.2, -0.15) is 15.4 Å². The first-order chi connectivity index (χ1) is 26.6. The second-order valence-electron chi connectivity index (χ2n) is 15.2. The Balaban J connectivity index is 0.000000724. The molecule has 0 bridgehead atoms. The number of fused-ring (bicyclic) bond motifs is 1. The third-order valence-corrected chi connectivity index (χ3v) is 20.6. The molecule has 0 saturated heterocycles. The van der Waals surface area contributed by atoms with Gasteiger partial charge in [0.15, 0.2) is 0 Å². The minimum absolute atomic E-state index is 0.0567. The van der Waals surface area contributed by atoms with Crippen LogP contribution in [0.25, 0.3) is 11.0 Å². The molecule has 0 fully saturated rings. The fraction of sp³-hybridized carbons (Fsp3) is 0.696. The van der Waals surface area contributed by atoms with E-state index in [1.54, 1.807) is 79.6 Å². The molecule has 0 unspecified atom stereocenters. The van der Waals surface area contributed by atoms with Gasteiger partial charge in [-0.1, -0.05) is 149 Å². The highest BCUT2D eigenvalue weighted by Crippen LogP contribution is 2.62. The molecule has 9 heteroatoms. The van der Waals surface area contributed by atoms with Crippen LogP contribution in [0.15, 0.2) is 48.5 Å². The fourth-order valence-corrected chi connectivity index (χ4v) is 17.5. The van der Waals surface area contributed by atoms with Gasteiger partial charge in [0.05, 0.1) is 61.2 Å². The van der Waals surface area contributed by atoms with Gasteiger partial charge in [0, 0.05) is 20.1 Å². The number of carbonyl (C=O) groups excluding carboxylic acids is 2. The van der Waals surface area contributed by atoms with Crippen molar-refractivity contribution in [3.63, 3.8) is 0 Å². The monoisotopic (exact) mass is 802 g/mol. The average molecular weight is 802 g/mol. The average Bonchev–Trinajstić information content (AvgIpc) is 3.70. The highest BCUT2D eigenvalue weighted by molar-refractivity contribution is 7.76. The van der Waals surface area contributed by atoms with Gasteiger partial charge in [0.2, 0.25) is 0 Å². The molecule has 0 aliphatic carbocycles. The Kier molecular flexibility index (Phi) is 32.3. The number of carboxylic acid groups (broad SMARTS) is 2. The topological polar surface area (TPSA) is 122 Å². The van der Waals surface area contributed by atoms with E-state index in [0.717, 1.165) is 0 Å². The predicted molar refractivity (Wildman–Crippen MR) is 241 cm³/mol. The summed E-state index contributed by atoms with van der Waals surface area (Å²) < 4.78 is 0. The molecule has 0 spiro atoms. The number of aromatic amines is 1. The van der Waals surface area contributed by atoms with E-state index in [-0.39, 0.29) is 11.1 Å². The molecular formula is C46H81N3O4P2. The Bertz CT molecular complexity index is 1240. The van der Waals surface area contributed by atoms with E-state index in [1.165, 1.54) is 121 Å². The molecule has 1 heterocycles. The van der Waals surface area contributed by atoms with Crippen LogP contribution in [0.4, 0.5) is 0 Å². The first-order valence-electron chi connectivity index (χ1n) is 22.1. The number of carboxylic acids is 2. The number of nitrogens with one attached hydrogen (secondary N) is 1. The van der Waals surface area contributed by atoms with Crippen molar-refractivity contribution in [1.82, 2.24) is 15.4 Å². The molecule has 7 nitrogen and oxygen atoms in total. The van der Waals surface area contributed by atoms with Gasteiger partial charge in [0.25, 0.3) is 0 Å². The fourth-order valence-electron chi connectivity index (χ4n) is 6.90. The quantitative estimate of drug-likeness (QED) is 0.0807. The molecule has 314 valence electrons. The zero-order chi connectivity index (χ0) is 41.2. The van der Waals surface area contributed by atoms with Crippen molar-refractivity contribution in [2.45, 2.75) is 158 Å². The van der Waals surface area contributed by atoms with Gasteiger partial charge in [-0.15, -0.1) is 0 Å². The second-order valence-corrected chi connectivity index (χ2v) is 24.2. The molecule has 1 aromatic heterocycles. The Morgan fingerprint density at radius 3 is 1.09 bits per heavy atom. The molecule has 0 atom stereocenters. The van der Waals surface area contributed by atoms with Gasteiger partial charge >= 0.3 is 0 Å². The van der Waals surface area contributed by atoms with Crippen molar-refractivity contribution >= 4 is 37.5 Å². The van der Waals surface area contributed by atoms with Crippen LogP contribution in [0.3, 0.4) is 0 Å². The molecule has 3 aromatic rings. The zero-order valence-electron chi connectivity index (χ0n) is 36.5. The van der Waals surface area contributed by atoms with Gasteiger partial charge in [-0.25, -0.2) is 0 Å². The first-order valence-corrected chi connectivity index (χ1v) is 27.1. The van der Waals surface area contributed by atoms with Crippen LogP contribution in [-0.2, 0) is 0 Å². The number of carbonyl (C=O) groups is 2. The van der Waals surface area contributed by atoms with Gasteiger partial charge in [0.1, 0.15) is 11.0 Å². The third kappa shape index (κ3) is 23.5. The van der Waals surface area contributed by atoms with Crippen LogP contribution in [-0.4, -0.2) is 76.6 Å². The summed E-state index contributed by atoms with van der Waals surface area (Å²) in [6.45, 7) is 18.8. The molecule has 1 N–H and O–H groups in total. The molecule has 0 aliphatic rings. The molecule has 55 heavy (non-hydrogen) atoms. The van der Waals surface area contributed by atoms with E-state index in [0.29, 0.717) is 11.0 Å². The molecule has 0 saturated carbocycles. The largest absolute Gasteiger partial charge is 0.545 e. The molecule has 0 amide bonds. The Morgan fingerprint density at radius 1 is 0.473 bits per heavy atom. The lowest BCUT2D eigenvalue weighted by molar-refractivity contribution is -0.256. The lowest BCUT2D eigenvalue weighted by Crippen LogP contribution is -2.22. The first kappa shape index (κ1) is 52.6. The standard InChI is InChI=1S/2C16H36P.C7H5N3O2.C7H6O2/c2*1-5-9-13-17(14-10-6-2,15-11-7-3)16-12-8-4;11-7(12)4-2-1-3-5-6(4)9-10-8-5;8-7(9)6-4-2-1-3-5-6/h2*5-16H2,1-4H3;1-3H,(H,11,12)(H,8,9,10);1-5H,(H,8,9)/q2*+1;;/p-2. The predicted octanol–water partition coefficient (Wildman–Crippen LogP) is 11.8. The number of nitrogens with zero attached hydrogens (tertiary/aromatic N) is 2. The van der Waals surface area contributed by atoms with E-state index in [9.17, 15) is 19.8 Å². The van der Waals surface area contributed by atoms with Crippen LogP contribution in [0.1, 0.15) is 179 Å². The second kappa shape index (κ2) is 33.7. The Hall–Kier alpha value is -2.36. The summed E-state index contributed by atoms with van der Waals surface area (Å²) in [5.41, 5.74) is 1.13. The molecule has 0 aliphatic heterocycles. The molecule has 0 radical (unpaired) electrons. The summed E-state index contributed by atoms with van der Waals surface area (Å²) in [5.74, 6) is -2.37. The van der Waals surface area contributed by atoms with E-state index >= 15 is 0 Å². The summed E-state index contributed by atoms with van der Waals surface area (Å²) in [6.07, 6.45) is 35.9. The highest BCUT2D eigenvalue weighted by Gasteiger charge is 2.35. The number of rotatable bonds is 26. The van der Waals surface area contributed by atoms with E-state index in [4.69, 9.17) is 0 Å². The zero-order valence-corrected chi connectivity index (χ0v) is 38.3. The number of hydrogen-bond acceptors (Lipinski definition) is 6. The van der Waals surface area contributed by atoms with Gasteiger partial charge in [-0.05, 0) is 63.0 Å². The number of para-hydroxylation sites is 1. The molecule has 2 aromatic carbocycles.